The number of rotatable bonds is 3. The second-order valence-electron chi connectivity index (χ2n) is 2.79. The van der Waals surface area contributed by atoms with Crippen LogP contribution < -0.4 is 5.32 Å². The predicted molar refractivity (Wildman–Crippen MR) is 64.6 cm³/mol. The number of aliphatic carboxylic acids is 1. The van der Waals surface area contributed by atoms with Gasteiger partial charge in [-0.1, -0.05) is 11.6 Å². The van der Waals surface area contributed by atoms with Gasteiger partial charge in [0.05, 0.1) is 5.02 Å². The molecule has 0 spiro atoms. The molecule has 0 fully saturated rings. The lowest BCUT2D eigenvalue weighted by Crippen LogP contribution is -2.08. The van der Waals surface area contributed by atoms with Crippen molar-refractivity contribution in [3.8, 4) is 0 Å². The van der Waals surface area contributed by atoms with E-state index in [1.54, 1.807) is 18.2 Å². The molecule has 4 nitrogen and oxygen atoms in total. The molecular formula is C10H7BrClNO3. The zero-order valence-electron chi connectivity index (χ0n) is 7.91. The number of carbonyl (C=O) groups excluding carboxylic acids is 1. The molecule has 0 saturated carbocycles. The van der Waals surface area contributed by atoms with E-state index in [9.17, 15) is 9.59 Å². The number of carboxylic acid groups (broad SMARTS) is 1. The first-order valence-electron chi connectivity index (χ1n) is 4.16. The molecule has 0 atom stereocenters. The molecule has 0 saturated heterocycles. The van der Waals surface area contributed by atoms with Crippen LogP contribution in [0.4, 0.5) is 5.69 Å². The summed E-state index contributed by atoms with van der Waals surface area (Å²) in [6.07, 6.45) is 1.69. The maximum Gasteiger partial charge on any atom is 0.328 e. The summed E-state index contributed by atoms with van der Waals surface area (Å²) >= 11 is 9.02. The first kappa shape index (κ1) is 12.7. The van der Waals surface area contributed by atoms with E-state index in [1.165, 1.54) is 0 Å². The molecule has 1 aromatic carbocycles. The average molecular weight is 305 g/mol. The normalized spacial score (nSPS) is 10.4. The van der Waals surface area contributed by atoms with Crippen molar-refractivity contribution in [3.05, 3.63) is 39.8 Å². The molecule has 0 aromatic heterocycles. The summed E-state index contributed by atoms with van der Waals surface area (Å²) in [7, 11) is 0. The lowest BCUT2D eigenvalue weighted by molar-refractivity contribution is -0.131. The maximum atomic E-state index is 11.2. The first-order valence-corrected chi connectivity index (χ1v) is 5.33. The Morgan fingerprint density at radius 3 is 2.62 bits per heavy atom. The molecule has 0 aliphatic heterocycles. The van der Waals surface area contributed by atoms with Crippen molar-refractivity contribution >= 4 is 45.1 Å². The molecule has 1 rings (SSSR count). The third kappa shape index (κ3) is 4.04. The lowest BCUT2D eigenvalue weighted by Gasteiger charge is -2.03. The third-order valence-corrected chi connectivity index (χ3v) is 2.80. The molecule has 0 aliphatic rings. The Balaban J connectivity index is 2.70. The SMILES string of the molecule is O=C(O)/C=C/C(=O)Nc1ccc(Br)c(Cl)c1. The number of hydrogen-bond acceptors (Lipinski definition) is 2. The van der Waals surface area contributed by atoms with Gasteiger partial charge in [0.1, 0.15) is 0 Å². The summed E-state index contributed by atoms with van der Waals surface area (Å²) < 4.78 is 0.716. The van der Waals surface area contributed by atoms with Crippen molar-refractivity contribution in [1.29, 1.82) is 0 Å². The van der Waals surface area contributed by atoms with Gasteiger partial charge < -0.3 is 10.4 Å². The van der Waals surface area contributed by atoms with Gasteiger partial charge in [-0.25, -0.2) is 4.79 Å². The molecule has 0 bridgehead atoms. The Morgan fingerprint density at radius 2 is 2.06 bits per heavy atom. The summed E-state index contributed by atoms with van der Waals surface area (Å²) in [5.41, 5.74) is 0.494. The number of benzene rings is 1. The van der Waals surface area contributed by atoms with Gasteiger partial charge in [0, 0.05) is 22.3 Å². The zero-order valence-corrected chi connectivity index (χ0v) is 10.2. The number of halogens is 2. The Kier molecular flexibility index (Phi) is 4.52. The van der Waals surface area contributed by atoms with Crippen molar-refractivity contribution in [1.82, 2.24) is 0 Å². The summed E-state index contributed by atoms with van der Waals surface area (Å²) in [6.45, 7) is 0. The van der Waals surface area contributed by atoms with Crippen molar-refractivity contribution in [2.75, 3.05) is 5.32 Å². The molecule has 0 unspecified atom stereocenters. The molecule has 1 aromatic rings. The zero-order chi connectivity index (χ0) is 12.1. The molecule has 16 heavy (non-hydrogen) atoms. The summed E-state index contributed by atoms with van der Waals surface area (Å²) in [6, 6.07) is 4.87. The highest BCUT2D eigenvalue weighted by Crippen LogP contribution is 2.25. The second kappa shape index (κ2) is 5.67. The van der Waals surface area contributed by atoms with Crippen LogP contribution >= 0.6 is 27.5 Å². The van der Waals surface area contributed by atoms with Crippen LogP contribution in [0.2, 0.25) is 5.02 Å². The standard InChI is InChI=1S/C10H7BrClNO3/c11-7-2-1-6(5-8(7)12)13-9(14)3-4-10(15)16/h1-5H,(H,13,14)(H,15,16)/b4-3+. The van der Waals surface area contributed by atoms with Gasteiger partial charge in [-0.3, -0.25) is 4.79 Å². The largest absolute Gasteiger partial charge is 0.478 e. The second-order valence-corrected chi connectivity index (χ2v) is 4.05. The number of nitrogens with one attached hydrogen (secondary N) is 1. The van der Waals surface area contributed by atoms with Crippen LogP contribution in [0.5, 0.6) is 0 Å². The number of hydrogen-bond donors (Lipinski definition) is 2. The van der Waals surface area contributed by atoms with E-state index in [0.29, 0.717) is 15.2 Å². The van der Waals surface area contributed by atoms with E-state index in [2.05, 4.69) is 21.2 Å². The Hall–Kier alpha value is -1.33. The first-order chi connectivity index (χ1) is 7.49. The van der Waals surface area contributed by atoms with Crippen LogP contribution in [0.25, 0.3) is 0 Å². The fraction of sp³-hybridized carbons (Fsp3) is 0. The van der Waals surface area contributed by atoms with Gasteiger partial charge in [-0.2, -0.15) is 0 Å². The predicted octanol–water partition coefficient (Wildman–Crippen LogP) is 2.68. The van der Waals surface area contributed by atoms with Crippen molar-refractivity contribution < 1.29 is 14.7 Å². The summed E-state index contributed by atoms with van der Waals surface area (Å²) in [5.74, 6) is -1.70. The molecule has 6 heteroatoms. The van der Waals surface area contributed by atoms with Crippen LogP contribution in [0.15, 0.2) is 34.8 Å². The minimum Gasteiger partial charge on any atom is -0.478 e. The quantitative estimate of drug-likeness (QED) is 0.844. The van der Waals surface area contributed by atoms with Crippen LogP contribution in [-0.2, 0) is 9.59 Å². The van der Waals surface area contributed by atoms with E-state index in [1.807, 2.05) is 0 Å². The molecule has 0 aliphatic carbocycles. The smallest absolute Gasteiger partial charge is 0.328 e. The fourth-order valence-corrected chi connectivity index (χ4v) is 1.33. The van der Waals surface area contributed by atoms with Crippen LogP contribution in [0.1, 0.15) is 0 Å². The van der Waals surface area contributed by atoms with E-state index in [-0.39, 0.29) is 0 Å². The number of amides is 1. The molecule has 84 valence electrons. The van der Waals surface area contributed by atoms with Gasteiger partial charge in [-0.15, -0.1) is 0 Å². The third-order valence-electron chi connectivity index (χ3n) is 1.56. The highest BCUT2D eigenvalue weighted by Gasteiger charge is 2.01. The molecular weight excluding hydrogens is 297 g/mol. The molecule has 0 heterocycles. The van der Waals surface area contributed by atoms with E-state index in [0.717, 1.165) is 12.2 Å². The van der Waals surface area contributed by atoms with Gasteiger partial charge in [0.15, 0.2) is 0 Å². The van der Waals surface area contributed by atoms with Gasteiger partial charge in [-0.05, 0) is 34.1 Å². The van der Waals surface area contributed by atoms with Crippen LogP contribution in [0.3, 0.4) is 0 Å². The van der Waals surface area contributed by atoms with Gasteiger partial charge in [0.2, 0.25) is 5.91 Å². The highest BCUT2D eigenvalue weighted by atomic mass is 79.9. The summed E-state index contributed by atoms with van der Waals surface area (Å²) in [4.78, 5) is 21.4. The highest BCUT2D eigenvalue weighted by molar-refractivity contribution is 9.10. The van der Waals surface area contributed by atoms with Crippen molar-refractivity contribution in [3.63, 3.8) is 0 Å². The lowest BCUT2D eigenvalue weighted by atomic mass is 10.3. The van der Waals surface area contributed by atoms with Crippen molar-refractivity contribution in [2.24, 2.45) is 0 Å². The topological polar surface area (TPSA) is 66.4 Å². The number of carboxylic acids is 1. The fourth-order valence-electron chi connectivity index (χ4n) is 0.905. The van der Waals surface area contributed by atoms with Gasteiger partial charge in [0.25, 0.3) is 0 Å². The average Bonchev–Trinajstić information content (AvgIpc) is 2.21. The monoisotopic (exact) mass is 303 g/mol. The minimum atomic E-state index is -1.18. The van der Waals surface area contributed by atoms with Crippen LogP contribution in [0, 0.1) is 0 Å². The number of anilines is 1. The Bertz CT molecular complexity index is 459. The molecule has 0 radical (unpaired) electrons. The minimum absolute atomic E-state index is 0.458. The molecule has 2 N–H and O–H groups in total. The van der Waals surface area contributed by atoms with E-state index in [4.69, 9.17) is 16.7 Å². The summed E-state index contributed by atoms with van der Waals surface area (Å²) in [5, 5.41) is 11.2. The van der Waals surface area contributed by atoms with Crippen molar-refractivity contribution in [2.45, 2.75) is 0 Å². The van der Waals surface area contributed by atoms with E-state index < -0.39 is 11.9 Å². The molecule has 1 amide bonds. The van der Waals surface area contributed by atoms with Gasteiger partial charge >= 0.3 is 5.97 Å². The maximum absolute atomic E-state index is 11.2. The van der Waals surface area contributed by atoms with E-state index >= 15 is 0 Å². The van der Waals surface area contributed by atoms with Crippen LogP contribution in [-0.4, -0.2) is 17.0 Å². The number of carbonyl (C=O) groups is 2. The Labute approximate surface area is 105 Å². The Morgan fingerprint density at radius 1 is 1.38 bits per heavy atom.